The molecule has 1 heterocycles. The number of aryl methyl sites for hydroxylation is 2. The molecule has 0 radical (unpaired) electrons. The van der Waals surface area contributed by atoms with Crippen LogP contribution in [0.25, 0.3) is 0 Å². The van der Waals surface area contributed by atoms with Crippen LogP contribution in [-0.2, 0) is 12.8 Å². The standard InChI is InChI=1S/C18H25NO2S/c1-18(19,14-20)12-11-16-9-10-17(22-16)21-13-5-8-15-6-3-2-4-7-15/h2-4,6-7,9-10,20H,5,8,11-14,19H2,1H3/t18-/m1/s1. The first-order chi connectivity index (χ1) is 10.6. The van der Waals surface area contributed by atoms with E-state index in [4.69, 9.17) is 15.6 Å². The topological polar surface area (TPSA) is 55.5 Å². The molecule has 0 saturated heterocycles. The first-order valence-corrected chi connectivity index (χ1v) is 8.56. The lowest BCUT2D eigenvalue weighted by Gasteiger charge is -2.20. The van der Waals surface area contributed by atoms with Crippen LogP contribution < -0.4 is 10.5 Å². The fourth-order valence-corrected chi connectivity index (χ4v) is 3.03. The van der Waals surface area contributed by atoms with E-state index in [9.17, 15) is 0 Å². The molecule has 0 unspecified atom stereocenters. The predicted octanol–water partition coefficient (Wildman–Crippen LogP) is 3.40. The Morgan fingerprint density at radius 2 is 1.91 bits per heavy atom. The van der Waals surface area contributed by atoms with E-state index in [-0.39, 0.29) is 6.61 Å². The molecule has 0 spiro atoms. The van der Waals surface area contributed by atoms with Crippen molar-refractivity contribution < 1.29 is 9.84 Å². The van der Waals surface area contributed by atoms with Gasteiger partial charge in [0.15, 0.2) is 5.06 Å². The number of aliphatic hydroxyl groups excluding tert-OH is 1. The molecular weight excluding hydrogens is 294 g/mol. The highest BCUT2D eigenvalue weighted by atomic mass is 32.1. The minimum Gasteiger partial charge on any atom is -0.484 e. The smallest absolute Gasteiger partial charge is 0.173 e. The van der Waals surface area contributed by atoms with Crippen LogP contribution in [0.1, 0.15) is 30.2 Å². The Morgan fingerprint density at radius 1 is 1.14 bits per heavy atom. The SMILES string of the molecule is C[C@](N)(CO)CCc1ccc(OCCCc2ccccc2)s1. The molecule has 2 rings (SSSR count). The molecule has 120 valence electrons. The third-order valence-electron chi connectivity index (χ3n) is 3.64. The van der Waals surface area contributed by atoms with E-state index in [1.165, 1.54) is 10.4 Å². The molecule has 0 aliphatic carbocycles. The van der Waals surface area contributed by atoms with E-state index in [1.54, 1.807) is 11.3 Å². The molecule has 0 bridgehead atoms. The maximum absolute atomic E-state index is 9.17. The Balaban J connectivity index is 1.69. The van der Waals surface area contributed by atoms with Crippen LogP contribution in [0.15, 0.2) is 42.5 Å². The quantitative estimate of drug-likeness (QED) is 0.697. The van der Waals surface area contributed by atoms with Gasteiger partial charge in [-0.25, -0.2) is 0 Å². The highest BCUT2D eigenvalue weighted by Gasteiger charge is 2.17. The number of aliphatic hydroxyl groups is 1. The fraction of sp³-hybridized carbons (Fsp3) is 0.444. The molecule has 0 fully saturated rings. The van der Waals surface area contributed by atoms with Gasteiger partial charge >= 0.3 is 0 Å². The van der Waals surface area contributed by atoms with E-state index in [0.717, 1.165) is 37.4 Å². The number of rotatable bonds is 9. The Hall–Kier alpha value is -1.36. The van der Waals surface area contributed by atoms with Gasteiger partial charge in [-0.1, -0.05) is 30.3 Å². The summed E-state index contributed by atoms with van der Waals surface area (Å²) >= 11 is 1.67. The van der Waals surface area contributed by atoms with Crippen LogP contribution in [0.2, 0.25) is 0 Å². The van der Waals surface area contributed by atoms with Crippen molar-refractivity contribution in [1.29, 1.82) is 0 Å². The van der Waals surface area contributed by atoms with Crippen molar-refractivity contribution in [3.63, 3.8) is 0 Å². The number of hydrogen-bond donors (Lipinski definition) is 2. The van der Waals surface area contributed by atoms with Crippen molar-refractivity contribution >= 4 is 11.3 Å². The van der Waals surface area contributed by atoms with E-state index in [1.807, 2.05) is 19.1 Å². The minimum atomic E-state index is -0.499. The first-order valence-electron chi connectivity index (χ1n) is 7.74. The zero-order valence-electron chi connectivity index (χ0n) is 13.1. The van der Waals surface area contributed by atoms with Gasteiger partial charge in [-0.3, -0.25) is 0 Å². The molecule has 0 saturated carbocycles. The van der Waals surface area contributed by atoms with Gasteiger partial charge in [0.2, 0.25) is 0 Å². The van der Waals surface area contributed by atoms with Gasteiger partial charge in [0, 0.05) is 10.4 Å². The molecule has 2 aromatic rings. The highest BCUT2D eigenvalue weighted by molar-refractivity contribution is 7.13. The molecule has 0 aliphatic rings. The maximum atomic E-state index is 9.17. The Morgan fingerprint density at radius 3 is 2.64 bits per heavy atom. The summed E-state index contributed by atoms with van der Waals surface area (Å²) < 4.78 is 5.80. The third kappa shape index (κ3) is 5.79. The minimum absolute atomic E-state index is 0.0151. The number of benzene rings is 1. The second-order valence-corrected chi connectivity index (χ2v) is 7.10. The number of ether oxygens (including phenoxy) is 1. The monoisotopic (exact) mass is 319 g/mol. The van der Waals surface area contributed by atoms with E-state index in [0.29, 0.717) is 0 Å². The average Bonchev–Trinajstić information content (AvgIpc) is 2.99. The van der Waals surface area contributed by atoms with Crippen molar-refractivity contribution in [3.05, 3.63) is 52.9 Å². The predicted molar refractivity (Wildman–Crippen MR) is 92.6 cm³/mol. The van der Waals surface area contributed by atoms with Crippen LogP contribution in [0.5, 0.6) is 5.06 Å². The molecule has 3 nitrogen and oxygen atoms in total. The lowest BCUT2D eigenvalue weighted by molar-refractivity contribution is 0.201. The molecule has 4 heteroatoms. The van der Waals surface area contributed by atoms with Gasteiger partial charge < -0.3 is 15.6 Å². The van der Waals surface area contributed by atoms with E-state index < -0.39 is 5.54 Å². The Labute approximate surface area is 136 Å². The molecule has 0 aliphatic heterocycles. The van der Waals surface area contributed by atoms with Crippen molar-refractivity contribution in [2.45, 2.75) is 38.1 Å². The first kappa shape index (κ1) is 17.0. The van der Waals surface area contributed by atoms with Gasteiger partial charge in [-0.05, 0) is 50.3 Å². The van der Waals surface area contributed by atoms with E-state index in [2.05, 4.69) is 30.3 Å². The largest absolute Gasteiger partial charge is 0.484 e. The van der Waals surface area contributed by atoms with E-state index >= 15 is 0 Å². The zero-order chi connectivity index (χ0) is 15.8. The van der Waals surface area contributed by atoms with Crippen LogP contribution in [0.4, 0.5) is 0 Å². The molecular formula is C18H25NO2S. The van der Waals surface area contributed by atoms with Crippen molar-refractivity contribution in [1.82, 2.24) is 0 Å². The summed E-state index contributed by atoms with van der Waals surface area (Å²) in [6, 6.07) is 14.6. The number of nitrogens with two attached hydrogens (primary N) is 1. The third-order valence-corrected chi connectivity index (χ3v) is 4.70. The van der Waals surface area contributed by atoms with Gasteiger partial charge in [-0.2, -0.15) is 0 Å². The maximum Gasteiger partial charge on any atom is 0.173 e. The summed E-state index contributed by atoms with van der Waals surface area (Å²) in [5, 5.41) is 10.1. The van der Waals surface area contributed by atoms with Crippen LogP contribution >= 0.6 is 11.3 Å². The number of hydrogen-bond acceptors (Lipinski definition) is 4. The van der Waals surface area contributed by atoms with Crippen LogP contribution in [-0.4, -0.2) is 23.9 Å². The second kappa shape index (κ2) is 8.32. The van der Waals surface area contributed by atoms with Gasteiger partial charge in [0.1, 0.15) is 0 Å². The average molecular weight is 319 g/mol. The zero-order valence-corrected chi connectivity index (χ0v) is 13.9. The Kier molecular flexibility index (Phi) is 6.43. The summed E-state index contributed by atoms with van der Waals surface area (Å²) in [4.78, 5) is 1.25. The Bertz CT molecular complexity index is 551. The summed E-state index contributed by atoms with van der Waals surface area (Å²) in [5.41, 5.74) is 6.80. The van der Waals surface area contributed by atoms with Gasteiger partial charge in [-0.15, -0.1) is 11.3 Å². The second-order valence-electron chi connectivity index (χ2n) is 5.97. The summed E-state index contributed by atoms with van der Waals surface area (Å²) in [7, 11) is 0. The molecule has 1 aromatic carbocycles. The van der Waals surface area contributed by atoms with Crippen molar-refractivity contribution in [3.8, 4) is 5.06 Å². The molecule has 3 N–H and O–H groups in total. The normalized spacial score (nSPS) is 13.8. The summed E-state index contributed by atoms with van der Waals surface area (Å²) in [6.07, 6.45) is 3.72. The molecule has 0 amide bonds. The fourth-order valence-electron chi connectivity index (χ4n) is 2.15. The summed E-state index contributed by atoms with van der Waals surface area (Å²) in [5.74, 6) is 0. The van der Waals surface area contributed by atoms with Gasteiger partial charge in [0.25, 0.3) is 0 Å². The number of thiophene rings is 1. The highest BCUT2D eigenvalue weighted by Crippen LogP contribution is 2.26. The van der Waals surface area contributed by atoms with Gasteiger partial charge in [0.05, 0.1) is 13.2 Å². The van der Waals surface area contributed by atoms with Crippen molar-refractivity contribution in [2.75, 3.05) is 13.2 Å². The molecule has 1 aromatic heterocycles. The summed E-state index contributed by atoms with van der Waals surface area (Å²) in [6.45, 7) is 2.63. The molecule has 1 atom stereocenters. The molecule has 22 heavy (non-hydrogen) atoms. The lowest BCUT2D eigenvalue weighted by atomic mass is 9.98. The van der Waals surface area contributed by atoms with Crippen molar-refractivity contribution in [2.24, 2.45) is 5.73 Å². The lowest BCUT2D eigenvalue weighted by Crippen LogP contribution is -2.40. The van der Waals surface area contributed by atoms with Crippen LogP contribution in [0, 0.1) is 0 Å². The van der Waals surface area contributed by atoms with Crippen LogP contribution in [0.3, 0.4) is 0 Å².